The second-order valence-electron chi connectivity index (χ2n) is 4.45. The molecule has 1 fully saturated rings. The molecule has 0 aromatic carbocycles. The third-order valence-electron chi connectivity index (χ3n) is 3.80. The first-order valence-electron chi connectivity index (χ1n) is 4.57. The van der Waals surface area contributed by atoms with E-state index in [1.807, 2.05) is 0 Å². The van der Waals surface area contributed by atoms with Gasteiger partial charge in [0.2, 0.25) is 0 Å². The maximum absolute atomic E-state index is 2.45. The van der Waals surface area contributed by atoms with E-state index in [2.05, 4.69) is 27.7 Å². The Morgan fingerprint density at radius 3 is 2.20 bits per heavy atom. The van der Waals surface area contributed by atoms with Gasteiger partial charge < -0.3 is 0 Å². The van der Waals surface area contributed by atoms with Gasteiger partial charge in [0.05, 0.1) is 0 Å². The van der Waals surface area contributed by atoms with Crippen molar-refractivity contribution >= 4 is 0 Å². The van der Waals surface area contributed by atoms with E-state index in [0.717, 1.165) is 11.8 Å². The van der Waals surface area contributed by atoms with Crippen LogP contribution < -0.4 is 0 Å². The fourth-order valence-corrected chi connectivity index (χ4v) is 2.22. The molecule has 10 heavy (non-hydrogen) atoms. The molecule has 0 aromatic rings. The second-order valence-corrected chi connectivity index (χ2v) is 4.45. The summed E-state index contributed by atoms with van der Waals surface area (Å²) in [6.45, 7) is 9.59. The Labute approximate surface area is 65.0 Å². The Morgan fingerprint density at radius 2 is 2.00 bits per heavy atom. The highest BCUT2D eigenvalue weighted by Crippen LogP contribution is 2.47. The van der Waals surface area contributed by atoms with E-state index in [4.69, 9.17) is 0 Å². The van der Waals surface area contributed by atoms with Crippen LogP contribution in [0.5, 0.6) is 0 Å². The Hall–Kier alpha value is 0. The molecule has 0 spiro atoms. The van der Waals surface area contributed by atoms with Gasteiger partial charge in [-0.2, -0.15) is 0 Å². The lowest BCUT2D eigenvalue weighted by Crippen LogP contribution is -2.25. The molecule has 0 aromatic heterocycles. The van der Waals surface area contributed by atoms with Crippen LogP contribution in [0.3, 0.4) is 0 Å². The summed E-state index contributed by atoms with van der Waals surface area (Å²) in [7, 11) is 0. The van der Waals surface area contributed by atoms with Crippen molar-refractivity contribution in [2.24, 2.45) is 17.3 Å². The second kappa shape index (κ2) is 2.56. The molecule has 0 bridgehead atoms. The Bertz CT molecular complexity index is 115. The van der Waals surface area contributed by atoms with Gasteiger partial charge in [0.1, 0.15) is 0 Å². The first kappa shape index (κ1) is 8.10. The van der Waals surface area contributed by atoms with Crippen LogP contribution in [0.1, 0.15) is 47.0 Å². The van der Waals surface area contributed by atoms with Gasteiger partial charge in [-0.05, 0) is 23.7 Å². The highest BCUT2D eigenvalue weighted by Gasteiger charge is 2.37. The summed E-state index contributed by atoms with van der Waals surface area (Å²) in [5, 5.41) is 0. The average Bonchev–Trinajstić information content (AvgIpc) is 2.15. The summed E-state index contributed by atoms with van der Waals surface area (Å²) in [6.07, 6.45) is 4.36. The van der Waals surface area contributed by atoms with Crippen LogP contribution in [0, 0.1) is 17.3 Å². The van der Waals surface area contributed by atoms with Gasteiger partial charge >= 0.3 is 0 Å². The van der Waals surface area contributed by atoms with Crippen molar-refractivity contribution < 1.29 is 0 Å². The van der Waals surface area contributed by atoms with Gasteiger partial charge in [-0.1, -0.05) is 40.5 Å². The molecule has 1 aliphatic carbocycles. The highest BCUT2D eigenvalue weighted by atomic mass is 14.4. The van der Waals surface area contributed by atoms with E-state index >= 15 is 0 Å². The van der Waals surface area contributed by atoms with Crippen LogP contribution in [0.25, 0.3) is 0 Å². The zero-order chi connectivity index (χ0) is 7.78. The topological polar surface area (TPSA) is 0 Å². The summed E-state index contributed by atoms with van der Waals surface area (Å²) in [5.74, 6) is 1.82. The molecule has 0 saturated heterocycles. The van der Waals surface area contributed by atoms with E-state index in [1.165, 1.54) is 19.3 Å². The maximum atomic E-state index is 2.45. The summed E-state index contributed by atoms with van der Waals surface area (Å²) in [6, 6.07) is 0. The quantitative estimate of drug-likeness (QED) is 0.523. The minimum atomic E-state index is 0.653. The van der Waals surface area contributed by atoms with Gasteiger partial charge in [-0.15, -0.1) is 0 Å². The molecule has 0 unspecified atom stereocenters. The number of rotatable bonds is 1. The van der Waals surface area contributed by atoms with Crippen LogP contribution in [0.2, 0.25) is 0 Å². The van der Waals surface area contributed by atoms with Crippen molar-refractivity contribution in [1.29, 1.82) is 0 Å². The van der Waals surface area contributed by atoms with Crippen molar-refractivity contribution in [3.05, 3.63) is 0 Å². The van der Waals surface area contributed by atoms with Gasteiger partial charge in [0, 0.05) is 0 Å². The van der Waals surface area contributed by atoms with Gasteiger partial charge in [0.25, 0.3) is 0 Å². The summed E-state index contributed by atoms with van der Waals surface area (Å²) >= 11 is 0. The molecule has 0 N–H and O–H groups in total. The molecule has 0 radical (unpaired) electrons. The van der Waals surface area contributed by atoms with Crippen LogP contribution >= 0.6 is 0 Å². The van der Waals surface area contributed by atoms with Crippen LogP contribution in [0.4, 0.5) is 0 Å². The third kappa shape index (κ3) is 1.09. The molecular formula is C10H20. The van der Waals surface area contributed by atoms with Crippen molar-refractivity contribution in [3.63, 3.8) is 0 Å². The van der Waals surface area contributed by atoms with E-state index in [0.29, 0.717) is 5.41 Å². The van der Waals surface area contributed by atoms with Gasteiger partial charge in [-0.3, -0.25) is 0 Å². The molecule has 0 nitrogen and oxygen atoms in total. The molecule has 2 atom stereocenters. The molecule has 1 rings (SSSR count). The van der Waals surface area contributed by atoms with Crippen molar-refractivity contribution in [2.75, 3.05) is 0 Å². The summed E-state index contributed by atoms with van der Waals surface area (Å²) in [4.78, 5) is 0. The monoisotopic (exact) mass is 140 g/mol. The molecule has 60 valence electrons. The maximum Gasteiger partial charge on any atom is -0.0277 e. The molecule has 1 saturated carbocycles. The Balaban J connectivity index is 2.66. The van der Waals surface area contributed by atoms with E-state index < -0.39 is 0 Å². The number of hydrogen-bond acceptors (Lipinski definition) is 0. The lowest BCUT2D eigenvalue weighted by atomic mass is 9.72. The van der Waals surface area contributed by atoms with E-state index in [1.54, 1.807) is 0 Å². The van der Waals surface area contributed by atoms with Crippen LogP contribution in [-0.4, -0.2) is 0 Å². The molecule has 1 aliphatic rings. The largest absolute Gasteiger partial charge is 0.0622 e. The lowest BCUT2D eigenvalue weighted by molar-refractivity contribution is 0.161. The standard InChI is InChI=1S/C10H20/c1-8(2)10(4)7-5-6-9(10)3/h8-9H,5-7H2,1-4H3/t9-,10-/m0/s1. The normalized spacial score (nSPS) is 41.1. The van der Waals surface area contributed by atoms with Gasteiger partial charge in [0.15, 0.2) is 0 Å². The first-order valence-corrected chi connectivity index (χ1v) is 4.57. The van der Waals surface area contributed by atoms with Crippen molar-refractivity contribution in [1.82, 2.24) is 0 Å². The molecule has 0 heteroatoms. The van der Waals surface area contributed by atoms with Gasteiger partial charge in [-0.25, -0.2) is 0 Å². The zero-order valence-electron chi connectivity index (χ0n) is 7.78. The SMILES string of the molecule is CC(C)[C@]1(C)CCC[C@@H]1C. The molecule has 0 heterocycles. The average molecular weight is 140 g/mol. The van der Waals surface area contributed by atoms with Crippen LogP contribution in [0.15, 0.2) is 0 Å². The minimum Gasteiger partial charge on any atom is -0.0622 e. The highest BCUT2D eigenvalue weighted by molar-refractivity contribution is 4.88. The first-order chi connectivity index (χ1) is 4.57. The minimum absolute atomic E-state index is 0.653. The van der Waals surface area contributed by atoms with Crippen molar-refractivity contribution in [3.8, 4) is 0 Å². The fourth-order valence-electron chi connectivity index (χ4n) is 2.22. The van der Waals surface area contributed by atoms with Crippen LogP contribution in [-0.2, 0) is 0 Å². The van der Waals surface area contributed by atoms with Crippen molar-refractivity contribution in [2.45, 2.75) is 47.0 Å². The smallest absolute Gasteiger partial charge is 0.0277 e. The number of hydrogen-bond donors (Lipinski definition) is 0. The fraction of sp³-hybridized carbons (Fsp3) is 1.00. The lowest BCUT2D eigenvalue weighted by Gasteiger charge is -2.33. The van der Waals surface area contributed by atoms with E-state index in [9.17, 15) is 0 Å². The predicted octanol–water partition coefficient (Wildman–Crippen LogP) is 3.47. The summed E-state index contributed by atoms with van der Waals surface area (Å²) < 4.78 is 0. The Kier molecular flexibility index (Phi) is 2.07. The third-order valence-corrected chi connectivity index (χ3v) is 3.80. The van der Waals surface area contributed by atoms with E-state index in [-0.39, 0.29) is 0 Å². The zero-order valence-corrected chi connectivity index (χ0v) is 7.78. The molecular weight excluding hydrogens is 120 g/mol. The predicted molar refractivity (Wildman–Crippen MR) is 46.0 cm³/mol. The Morgan fingerprint density at radius 1 is 1.40 bits per heavy atom. The molecule has 0 amide bonds. The molecule has 0 aliphatic heterocycles. The summed E-state index contributed by atoms with van der Waals surface area (Å²) in [5.41, 5.74) is 0.653.